The van der Waals surface area contributed by atoms with Gasteiger partial charge < -0.3 is 10.2 Å². The lowest BCUT2D eigenvalue weighted by molar-refractivity contribution is -0.140. The summed E-state index contributed by atoms with van der Waals surface area (Å²) >= 11 is 6.09. The van der Waals surface area contributed by atoms with Crippen molar-refractivity contribution in [1.29, 1.82) is 0 Å². The Labute approximate surface area is 248 Å². The van der Waals surface area contributed by atoms with Crippen molar-refractivity contribution in [1.82, 2.24) is 10.2 Å². The maximum Gasteiger partial charge on any atom is 0.264 e. The molecule has 0 radical (unpaired) electrons. The number of hydrogen-bond acceptors (Lipinski definition) is 4. The number of anilines is 1. The lowest BCUT2D eigenvalue weighted by atomic mass is 9.95. The Hall–Kier alpha value is -3.36. The van der Waals surface area contributed by atoms with Crippen LogP contribution in [0.3, 0.4) is 0 Å². The van der Waals surface area contributed by atoms with E-state index in [2.05, 4.69) is 5.32 Å². The molecule has 0 bridgehead atoms. The predicted octanol–water partition coefficient (Wildman–Crippen LogP) is 5.83. The molecule has 9 heteroatoms. The van der Waals surface area contributed by atoms with Crippen LogP contribution < -0.4 is 9.62 Å². The van der Waals surface area contributed by atoms with Crippen LogP contribution in [-0.4, -0.2) is 50.3 Å². The van der Waals surface area contributed by atoms with Crippen LogP contribution in [0.15, 0.2) is 89.8 Å². The van der Waals surface area contributed by atoms with Gasteiger partial charge >= 0.3 is 0 Å². The average molecular weight is 596 g/mol. The molecule has 1 aliphatic carbocycles. The SMILES string of the molecule is CCC(C(=O)NC1CCCCC1)N(CCc1ccccc1)C(=O)CN(c1ccc(Cl)cc1)S(=O)(=O)c1ccccc1. The Balaban J connectivity index is 1.65. The standard InChI is InChI=1S/C32H38ClN3O4S/c1-2-30(32(38)34-27-14-8-4-9-15-27)35(23-22-25-12-6-3-7-13-25)31(37)24-36(28-20-18-26(33)19-21-28)41(39,40)29-16-10-5-11-17-29/h3,5-7,10-13,16-21,27,30H,2,4,8-9,14-15,22-24H2,1H3,(H,34,38). The van der Waals surface area contributed by atoms with Gasteiger partial charge in [0, 0.05) is 17.6 Å². The fourth-order valence-electron chi connectivity index (χ4n) is 5.30. The molecule has 4 rings (SSSR count). The third-order valence-electron chi connectivity index (χ3n) is 7.55. The van der Waals surface area contributed by atoms with Gasteiger partial charge in [0.2, 0.25) is 11.8 Å². The van der Waals surface area contributed by atoms with Crippen LogP contribution >= 0.6 is 11.6 Å². The summed E-state index contributed by atoms with van der Waals surface area (Å²) in [7, 11) is -4.10. The van der Waals surface area contributed by atoms with Crippen LogP contribution in [0.25, 0.3) is 0 Å². The molecule has 1 saturated carbocycles. The third kappa shape index (κ3) is 8.11. The summed E-state index contributed by atoms with van der Waals surface area (Å²) in [5.41, 5.74) is 1.34. The van der Waals surface area contributed by atoms with Gasteiger partial charge in [-0.15, -0.1) is 0 Å². The molecule has 0 aliphatic heterocycles. The smallest absolute Gasteiger partial charge is 0.264 e. The van der Waals surface area contributed by atoms with E-state index in [1.807, 2.05) is 37.3 Å². The molecule has 0 heterocycles. The number of nitrogens with zero attached hydrogens (tertiary/aromatic N) is 2. The van der Waals surface area contributed by atoms with Crippen molar-refractivity contribution >= 4 is 39.1 Å². The van der Waals surface area contributed by atoms with Gasteiger partial charge in [0.15, 0.2) is 0 Å². The predicted molar refractivity (Wildman–Crippen MR) is 163 cm³/mol. The van der Waals surface area contributed by atoms with Gasteiger partial charge in [0.05, 0.1) is 10.6 Å². The highest BCUT2D eigenvalue weighted by Gasteiger charge is 2.34. The Bertz CT molecular complexity index is 1380. The molecular weight excluding hydrogens is 558 g/mol. The molecule has 3 aromatic rings. The molecule has 0 aromatic heterocycles. The summed E-state index contributed by atoms with van der Waals surface area (Å²) in [6, 6.07) is 23.5. The number of halogens is 1. The van der Waals surface area contributed by atoms with Crippen LogP contribution in [0.2, 0.25) is 5.02 Å². The van der Waals surface area contributed by atoms with E-state index in [1.165, 1.54) is 18.6 Å². The molecule has 1 aliphatic rings. The topological polar surface area (TPSA) is 86.8 Å². The van der Waals surface area contributed by atoms with Gasteiger partial charge in [-0.25, -0.2) is 8.42 Å². The summed E-state index contributed by atoms with van der Waals surface area (Å²) in [6.07, 6.45) is 6.12. The highest BCUT2D eigenvalue weighted by Crippen LogP contribution is 2.26. The van der Waals surface area contributed by atoms with E-state index in [4.69, 9.17) is 11.6 Å². The van der Waals surface area contributed by atoms with Crippen molar-refractivity contribution in [2.24, 2.45) is 0 Å². The molecule has 0 spiro atoms. The van der Waals surface area contributed by atoms with Crippen molar-refractivity contribution in [2.45, 2.75) is 68.8 Å². The van der Waals surface area contributed by atoms with Gasteiger partial charge in [0.25, 0.3) is 10.0 Å². The maximum atomic E-state index is 14.1. The maximum absolute atomic E-state index is 14.1. The lowest BCUT2D eigenvalue weighted by Gasteiger charge is -2.34. The first-order valence-electron chi connectivity index (χ1n) is 14.3. The first-order chi connectivity index (χ1) is 19.8. The second kappa shape index (κ2) is 14.5. The van der Waals surface area contributed by atoms with E-state index >= 15 is 0 Å². The monoisotopic (exact) mass is 595 g/mol. The van der Waals surface area contributed by atoms with Crippen LogP contribution in [0.4, 0.5) is 5.69 Å². The van der Waals surface area contributed by atoms with Gasteiger partial charge in [-0.05, 0) is 67.6 Å². The molecule has 1 unspecified atom stereocenters. The second-order valence-electron chi connectivity index (χ2n) is 10.4. The van der Waals surface area contributed by atoms with Crippen LogP contribution in [0, 0.1) is 0 Å². The Kier molecular flexibility index (Phi) is 10.8. The van der Waals surface area contributed by atoms with E-state index in [0.717, 1.165) is 35.6 Å². The number of sulfonamides is 1. The fourth-order valence-corrected chi connectivity index (χ4v) is 6.86. The molecular formula is C32H38ClN3O4S. The van der Waals surface area contributed by atoms with Gasteiger partial charge in [-0.2, -0.15) is 0 Å². The molecule has 1 atom stereocenters. The number of benzene rings is 3. The van der Waals surface area contributed by atoms with E-state index in [-0.39, 0.29) is 23.4 Å². The van der Waals surface area contributed by atoms with Crippen molar-refractivity contribution < 1.29 is 18.0 Å². The van der Waals surface area contributed by atoms with Crippen LogP contribution in [0.5, 0.6) is 0 Å². The number of carbonyl (C=O) groups is 2. The minimum Gasteiger partial charge on any atom is -0.352 e. The summed E-state index contributed by atoms with van der Waals surface area (Å²) in [4.78, 5) is 29.3. The molecule has 0 saturated heterocycles. The van der Waals surface area contributed by atoms with Crippen molar-refractivity contribution in [3.63, 3.8) is 0 Å². The highest BCUT2D eigenvalue weighted by molar-refractivity contribution is 7.92. The van der Waals surface area contributed by atoms with E-state index in [9.17, 15) is 18.0 Å². The van der Waals surface area contributed by atoms with Gasteiger partial charge in [0.1, 0.15) is 12.6 Å². The third-order valence-corrected chi connectivity index (χ3v) is 9.59. The Morgan fingerprint density at radius 3 is 2.12 bits per heavy atom. The molecule has 2 amide bonds. The van der Waals surface area contributed by atoms with Crippen LogP contribution in [-0.2, 0) is 26.0 Å². The second-order valence-corrected chi connectivity index (χ2v) is 12.7. The first kappa shape index (κ1) is 30.6. The van der Waals surface area contributed by atoms with Gasteiger partial charge in [-0.1, -0.05) is 86.3 Å². The molecule has 218 valence electrons. The Morgan fingerprint density at radius 1 is 0.902 bits per heavy atom. The van der Waals surface area contributed by atoms with Crippen LogP contribution in [0.1, 0.15) is 51.0 Å². The highest BCUT2D eigenvalue weighted by atomic mass is 35.5. The van der Waals surface area contributed by atoms with Crippen molar-refractivity contribution in [2.75, 3.05) is 17.4 Å². The number of carbonyl (C=O) groups excluding carboxylic acids is 2. The largest absolute Gasteiger partial charge is 0.352 e. The molecule has 3 aromatic carbocycles. The summed E-state index contributed by atoms with van der Waals surface area (Å²) < 4.78 is 28.8. The van der Waals surface area contributed by atoms with Crippen molar-refractivity contribution in [3.8, 4) is 0 Å². The summed E-state index contributed by atoms with van der Waals surface area (Å²) in [5.74, 6) is -0.634. The average Bonchev–Trinajstić information content (AvgIpc) is 2.99. The normalized spacial score (nSPS) is 14.7. The Morgan fingerprint density at radius 2 is 1.51 bits per heavy atom. The van der Waals surface area contributed by atoms with E-state index in [1.54, 1.807) is 47.4 Å². The number of rotatable bonds is 12. The fraction of sp³-hybridized carbons (Fsp3) is 0.375. The molecule has 1 N–H and O–H groups in total. The quantitative estimate of drug-likeness (QED) is 0.285. The molecule has 1 fully saturated rings. The first-order valence-corrected chi connectivity index (χ1v) is 16.1. The van der Waals surface area contributed by atoms with Crippen molar-refractivity contribution in [3.05, 3.63) is 95.5 Å². The zero-order valence-corrected chi connectivity index (χ0v) is 25.0. The van der Waals surface area contributed by atoms with E-state index in [0.29, 0.717) is 23.6 Å². The van der Waals surface area contributed by atoms with Gasteiger partial charge in [-0.3, -0.25) is 13.9 Å². The van der Waals surface area contributed by atoms with E-state index < -0.39 is 28.5 Å². The number of amides is 2. The summed E-state index contributed by atoms with van der Waals surface area (Å²) in [6.45, 7) is 1.70. The number of nitrogens with one attached hydrogen (secondary N) is 1. The minimum absolute atomic E-state index is 0.0701. The molecule has 41 heavy (non-hydrogen) atoms. The lowest BCUT2D eigenvalue weighted by Crippen LogP contribution is -2.54. The number of hydrogen-bond donors (Lipinski definition) is 1. The summed E-state index contributed by atoms with van der Waals surface area (Å²) in [5, 5.41) is 3.62. The molecule has 7 nitrogen and oxygen atoms in total. The zero-order chi connectivity index (χ0) is 29.2. The zero-order valence-electron chi connectivity index (χ0n) is 23.4. The minimum atomic E-state index is -4.10.